The van der Waals surface area contributed by atoms with Gasteiger partial charge in [0.25, 0.3) is 0 Å². The summed E-state index contributed by atoms with van der Waals surface area (Å²) in [5, 5.41) is 3.05. The number of allylic oxidation sites excluding steroid dienone is 2. The lowest BCUT2D eigenvalue weighted by Crippen LogP contribution is -2.20. The molecular formula is C10H18N2. The van der Waals surface area contributed by atoms with Crippen molar-refractivity contribution in [1.82, 2.24) is 5.32 Å². The van der Waals surface area contributed by atoms with Crippen LogP contribution < -0.4 is 5.32 Å². The van der Waals surface area contributed by atoms with Crippen molar-refractivity contribution in [2.45, 2.75) is 27.7 Å². The Bertz CT molecular complexity index is 230. The fourth-order valence-corrected chi connectivity index (χ4v) is 0.755. The average Bonchev–Trinajstić information content (AvgIpc) is 1.98. The van der Waals surface area contributed by atoms with Crippen molar-refractivity contribution >= 4 is 5.84 Å². The van der Waals surface area contributed by atoms with E-state index in [9.17, 15) is 0 Å². The first-order chi connectivity index (χ1) is 5.49. The van der Waals surface area contributed by atoms with Gasteiger partial charge in [0.15, 0.2) is 0 Å². The average molecular weight is 166 g/mol. The van der Waals surface area contributed by atoms with Gasteiger partial charge in [-0.2, -0.15) is 0 Å². The normalized spacial score (nSPS) is 10.9. The zero-order valence-corrected chi connectivity index (χ0v) is 8.65. The quantitative estimate of drug-likeness (QED) is 0.494. The van der Waals surface area contributed by atoms with Crippen LogP contribution in [0.25, 0.3) is 0 Å². The van der Waals surface area contributed by atoms with Gasteiger partial charge in [-0.25, -0.2) is 4.99 Å². The lowest BCUT2D eigenvalue weighted by Gasteiger charge is -2.07. The Morgan fingerprint density at radius 1 is 1.17 bits per heavy atom. The molecular weight excluding hydrogens is 148 g/mol. The highest BCUT2D eigenvalue weighted by Gasteiger charge is 1.99. The molecule has 0 amide bonds. The second-order valence-corrected chi connectivity index (χ2v) is 3.07. The molecule has 2 nitrogen and oxygen atoms in total. The minimum atomic E-state index is 0.819. The molecule has 0 fully saturated rings. The second kappa shape index (κ2) is 4.75. The van der Waals surface area contributed by atoms with E-state index < -0.39 is 0 Å². The number of hydrogen-bond acceptors (Lipinski definition) is 1. The maximum atomic E-state index is 4.27. The third-order valence-electron chi connectivity index (χ3n) is 1.64. The molecule has 0 saturated carbocycles. The Balaban J connectivity index is 4.81. The van der Waals surface area contributed by atoms with Gasteiger partial charge in [-0.05, 0) is 33.3 Å². The predicted octanol–water partition coefficient (Wildman–Crippen LogP) is 2.49. The summed E-state index contributed by atoms with van der Waals surface area (Å²) in [7, 11) is 1.87. The van der Waals surface area contributed by atoms with E-state index in [1.54, 1.807) is 0 Å². The van der Waals surface area contributed by atoms with Gasteiger partial charge >= 0.3 is 0 Å². The Hall–Kier alpha value is -1.05. The molecule has 0 heterocycles. The van der Waals surface area contributed by atoms with Crippen LogP contribution in [0.5, 0.6) is 0 Å². The van der Waals surface area contributed by atoms with Crippen molar-refractivity contribution in [2.24, 2.45) is 4.99 Å². The molecule has 1 N–H and O–H groups in total. The topological polar surface area (TPSA) is 24.4 Å². The van der Waals surface area contributed by atoms with Crippen LogP contribution in [0.2, 0.25) is 0 Å². The summed E-state index contributed by atoms with van der Waals surface area (Å²) in [5.74, 6) is 0.905. The van der Waals surface area contributed by atoms with Crippen molar-refractivity contribution in [2.75, 3.05) is 7.05 Å². The second-order valence-electron chi connectivity index (χ2n) is 3.07. The van der Waals surface area contributed by atoms with Gasteiger partial charge in [-0.3, -0.25) is 0 Å². The van der Waals surface area contributed by atoms with E-state index >= 15 is 0 Å². The number of aliphatic imine (C=N–C) groups is 1. The first-order valence-electron chi connectivity index (χ1n) is 4.05. The Labute approximate surface area is 75.1 Å². The number of amidine groups is 1. The van der Waals surface area contributed by atoms with E-state index in [2.05, 4.69) is 30.7 Å². The number of hydrogen-bond donors (Lipinski definition) is 1. The zero-order chi connectivity index (χ0) is 9.72. The molecule has 0 saturated heterocycles. The van der Waals surface area contributed by atoms with Gasteiger partial charge < -0.3 is 5.32 Å². The molecule has 0 aromatic rings. The standard InChI is InChI=1S/C10H18N2/c1-7(2)9(5)10(11-6)12-8(3)4/h3H2,1-2,4-6H3,(H,11,12). The molecule has 0 spiro atoms. The zero-order valence-electron chi connectivity index (χ0n) is 8.65. The van der Waals surface area contributed by atoms with Crippen molar-refractivity contribution in [3.63, 3.8) is 0 Å². The number of likely N-dealkylation sites (N-methyl/N-ethyl adjacent to an activating group) is 1. The predicted molar refractivity (Wildman–Crippen MR) is 55.4 cm³/mol. The van der Waals surface area contributed by atoms with E-state index in [0.29, 0.717) is 0 Å². The highest BCUT2D eigenvalue weighted by molar-refractivity contribution is 5.98. The van der Waals surface area contributed by atoms with Crippen molar-refractivity contribution in [1.29, 1.82) is 0 Å². The molecule has 0 atom stereocenters. The molecule has 68 valence electrons. The van der Waals surface area contributed by atoms with Crippen LogP contribution in [0.15, 0.2) is 28.4 Å². The molecule has 0 rings (SSSR count). The largest absolute Gasteiger partial charge is 0.373 e. The van der Waals surface area contributed by atoms with E-state index in [1.165, 1.54) is 11.1 Å². The molecule has 0 aromatic carbocycles. The summed E-state index contributed by atoms with van der Waals surface area (Å²) in [6.45, 7) is 11.8. The van der Waals surface area contributed by atoms with Crippen molar-refractivity contribution in [3.05, 3.63) is 23.4 Å². The van der Waals surface area contributed by atoms with Gasteiger partial charge in [0.1, 0.15) is 5.84 Å². The maximum absolute atomic E-state index is 4.27. The number of nitrogens with one attached hydrogen (secondary N) is 1. The molecule has 0 aliphatic carbocycles. The SMILES string of the molecule is C=C(C)/N=C(/NC)C(C)=C(C)C. The molecule has 0 aromatic heterocycles. The summed E-state index contributed by atoms with van der Waals surface area (Å²) in [4.78, 5) is 4.27. The summed E-state index contributed by atoms with van der Waals surface area (Å²) in [5.41, 5.74) is 3.27. The minimum absolute atomic E-state index is 0.819. The molecule has 0 unspecified atom stereocenters. The van der Waals surface area contributed by atoms with Crippen LogP contribution in [0.1, 0.15) is 27.7 Å². The molecule has 2 heteroatoms. The number of nitrogens with zero attached hydrogens (tertiary/aromatic N) is 1. The molecule has 0 bridgehead atoms. The highest BCUT2D eigenvalue weighted by Crippen LogP contribution is 2.04. The van der Waals surface area contributed by atoms with Gasteiger partial charge in [-0.15, -0.1) is 0 Å². The Kier molecular flexibility index (Phi) is 4.34. The smallest absolute Gasteiger partial charge is 0.128 e. The third kappa shape index (κ3) is 3.37. The van der Waals surface area contributed by atoms with Gasteiger partial charge in [0.05, 0.1) is 0 Å². The van der Waals surface area contributed by atoms with Gasteiger partial charge in [-0.1, -0.05) is 12.2 Å². The van der Waals surface area contributed by atoms with Gasteiger partial charge in [0.2, 0.25) is 0 Å². The first kappa shape index (κ1) is 11.0. The van der Waals surface area contributed by atoms with Crippen LogP contribution in [-0.4, -0.2) is 12.9 Å². The Morgan fingerprint density at radius 3 is 1.92 bits per heavy atom. The van der Waals surface area contributed by atoms with Crippen LogP contribution in [0.4, 0.5) is 0 Å². The third-order valence-corrected chi connectivity index (χ3v) is 1.64. The number of rotatable bonds is 2. The molecule has 0 aliphatic rings. The molecule has 0 radical (unpaired) electrons. The summed E-state index contributed by atoms with van der Waals surface area (Å²) in [6, 6.07) is 0. The van der Waals surface area contributed by atoms with Crippen molar-refractivity contribution < 1.29 is 0 Å². The van der Waals surface area contributed by atoms with Crippen LogP contribution in [0, 0.1) is 0 Å². The lowest BCUT2D eigenvalue weighted by atomic mass is 10.1. The van der Waals surface area contributed by atoms with Gasteiger partial charge in [0, 0.05) is 12.7 Å². The lowest BCUT2D eigenvalue weighted by molar-refractivity contribution is 1.12. The van der Waals surface area contributed by atoms with E-state index in [-0.39, 0.29) is 0 Å². The maximum Gasteiger partial charge on any atom is 0.128 e. The van der Waals surface area contributed by atoms with E-state index in [4.69, 9.17) is 0 Å². The molecule has 0 aliphatic heterocycles. The first-order valence-corrected chi connectivity index (χ1v) is 4.05. The van der Waals surface area contributed by atoms with Crippen LogP contribution in [0.3, 0.4) is 0 Å². The van der Waals surface area contributed by atoms with Crippen molar-refractivity contribution in [3.8, 4) is 0 Å². The fourth-order valence-electron chi connectivity index (χ4n) is 0.755. The monoisotopic (exact) mass is 166 g/mol. The molecule has 12 heavy (non-hydrogen) atoms. The summed E-state index contributed by atoms with van der Waals surface area (Å²) < 4.78 is 0. The van der Waals surface area contributed by atoms with Crippen LogP contribution in [-0.2, 0) is 0 Å². The Morgan fingerprint density at radius 2 is 1.67 bits per heavy atom. The summed E-state index contributed by atoms with van der Waals surface area (Å²) >= 11 is 0. The fraction of sp³-hybridized carbons (Fsp3) is 0.500. The minimum Gasteiger partial charge on any atom is -0.373 e. The van der Waals surface area contributed by atoms with E-state index in [1.807, 2.05) is 20.9 Å². The van der Waals surface area contributed by atoms with Crippen LogP contribution >= 0.6 is 0 Å². The highest BCUT2D eigenvalue weighted by atomic mass is 15.0. The van der Waals surface area contributed by atoms with E-state index in [0.717, 1.165) is 11.5 Å². The summed E-state index contributed by atoms with van der Waals surface area (Å²) in [6.07, 6.45) is 0.